The van der Waals surface area contributed by atoms with Crippen LogP contribution in [0, 0.1) is 5.82 Å². The van der Waals surface area contributed by atoms with Crippen molar-refractivity contribution >= 4 is 17.5 Å². The first-order chi connectivity index (χ1) is 12.0. The van der Waals surface area contributed by atoms with Crippen molar-refractivity contribution in [2.24, 2.45) is 0 Å². The SMILES string of the molecule is C[C@H](C(=O)Nc1ccccc1F)N1CCN(CC(=O)NC2CC2)CC1. The van der Waals surface area contributed by atoms with Gasteiger partial charge in [0.05, 0.1) is 18.3 Å². The van der Waals surface area contributed by atoms with Crippen LogP contribution in [0.1, 0.15) is 19.8 Å². The topological polar surface area (TPSA) is 64.7 Å². The molecule has 25 heavy (non-hydrogen) atoms. The van der Waals surface area contributed by atoms with Crippen LogP contribution in [0.5, 0.6) is 0 Å². The van der Waals surface area contributed by atoms with Gasteiger partial charge in [0.15, 0.2) is 0 Å². The standard InChI is InChI=1S/C18H25FN4O2/c1-13(18(25)21-16-5-3-2-4-15(16)19)23-10-8-22(9-11-23)12-17(24)20-14-6-7-14/h2-5,13-14H,6-12H2,1H3,(H,20,24)(H,21,25)/t13-/m1/s1. The van der Waals surface area contributed by atoms with E-state index in [9.17, 15) is 14.0 Å². The zero-order valence-electron chi connectivity index (χ0n) is 14.5. The van der Waals surface area contributed by atoms with Crippen molar-refractivity contribution in [2.75, 3.05) is 38.0 Å². The summed E-state index contributed by atoms with van der Waals surface area (Å²) in [6.45, 7) is 5.15. The van der Waals surface area contributed by atoms with Gasteiger partial charge in [-0.15, -0.1) is 0 Å². The van der Waals surface area contributed by atoms with E-state index in [0.29, 0.717) is 25.7 Å². The number of hydrogen-bond donors (Lipinski definition) is 2. The third kappa shape index (κ3) is 4.99. The Labute approximate surface area is 147 Å². The van der Waals surface area contributed by atoms with Crippen molar-refractivity contribution in [3.05, 3.63) is 30.1 Å². The van der Waals surface area contributed by atoms with Gasteiger partial charge in [-0.25, -0.2) is 4.39 Å². The van der Waals surface area contributed by atoms with Crippen LogP contribution in [0.15, 0.2) is 24.3 Å². The van der Waals surface area contributed by atoms with Gasteiger partial charge >= 0.3 is 0 Å². The normalized spacial score (nSPS) is 20.1. The minimum absolute atomic E-state index is 0.0845. The molecule has 2 fully saturated rings. The Balaban J connectivity index is 1.44. The highest BCUT2D eigenvalue weighted by Gasteiger charge is 2.28. The summed E-state index contributed by atoms with van der Waals surface area (Å²) in [6.07, 6.45) is 2.18. The molecule has 1 aromatic rings. The van der Waals surface area contributed by atoms with Crippen molar-refractivity contribution in [3.63, 3.8) is 0 Å². The average molecular weight is 348 g/mol. The van der Waals surface area contributed by atoms with Crippen LogP contribution in [-0.2, 0) is 9.59 Å². The first-order valence-corrected chi connectivity index (χ1v) is 8.84. The van der Waals surface area contributed by atoms with Gasteiger partial charge < -0.3 is 10.6 Å². The highest BCUT2D eigenvalue weighted by Crippen LogP contribution is 2.18. The fraction of sp³-hybridized carbons (Fsp3) is 0.556. The maximum absolute atomic E-state index is 13.7. The van der Waals surface area contributed by atoms with Crippen molar-refractivity contribution in [2.45, 2.75) is 31.8 Å². The summed E-state index contributed by atoms with van der Waals surface area (Å²) in [5.41, 5.74) is 0.203. The maximum Gasteiger partial charge on any atom is 0.241 e. The Kier molecular flexibility index (Phi) is 5.65. The van der Waals surface area contributed by atoms with Gasteiger partial charge in [0.25, 0.3) is 0 Å². The second-order valence-electron chi connectivity index (χ2n) is 6.80. The molecule has 1 aliphatic heterocycles. The molecule has 1 atom stereocenters. The van der Waals surface area contributed by atoms with Crippen LogP contribution in [0.25, 0.3) is 0 Å². The molecule has 1 heterocycles. The fourth-order valence-corrected chi connectivity index (χ4v) is 2.98. The summed E-state index contributed by atoms with van der Waals surface area (Å²) in [5, 5.41) is 5.64. The summed E-state index contributed by atoms with van der Waals surface area (Å²) >= 11 is 0. The zero-order valence-corrected chi connectivity index (χ0v) is 14.5. The monoisotopic (exact) mass is 348 g/mol. The predicted molar refractivity (Wildman–Crippen MR) is 93.7 cm³/mol. The molecule has 7 heteroatoms. The number of piperazine rings is 1. The molecule has 2 N–H and O–H groups in total. The number of rotatable bonds is 6. The molecule has 2 aliphatic rings. The molecule has 0 radical (unpaired) electrons. The summed E-state index contributed by atoms with van der Waals surface area (Å²) in [6, 6.07) is 6.20. The molecule has 1 aromatic carbocycles. The van der Waals surface area contributed by atoms with Crippen LogP contribution in [0.2, 0.25) is 0 Å². The molecule has 3 rings (SSSR count). The van der Waals surface area contributed by atoms with Crippen LogP contribution in [-0.4, -0.2) is 66.4 Å². The number of amides is 2. The van der Waals surface area contributed by atoms with Crippen molar-refractivity contribution < 1.29 is 14.0 Å². The van der Waals surface area contributed by atoms with Gasteiger partial charge in [-0.1, -0.05) is 12.1 Å². The highest BCUT2D eigenvalue weighted by atomic mass is 19.1. The number of carbonyl (C=O) groups is 2. The smallest absolute Gasteiger partial charge is 0.241 e. The molecular formula is C18H25FN4O2. The number of nitrogens with one attached hydrogen (secondary N) is 2. The number of nitrogens with zero attached hydrogens (tertiary/aromatic N) is 2. The van der Waals surface area contributed by atoms with Crippen molar-refractivity contribution in [1.82, 2.24) is 15.1 Å². The fourth-order valence-electron chi connectivity index (χ4n) is 2.98. The Bertz CT molecular complexity index is 627. The van der Waals surface area contributed by atoms with E-state index in [1.165, 1.54) is 6.07 Å². The van der Waals surface area contributed by atoms with Gasteiger partial charge in [-0.3, -0.25) is 19.4 Å². The molecule has 0 unspecified atom stereocenters. The number of halogens is 1. The first kappa shape index (κ1) is 17.8. The lowest BCUT2D eigenvalue weighted by Gasteiger charge is -2.37. The van der Waals surface area contributed by atoms with Gasteiger partial charge in [0, 0.05) is 32.2 Å². The van der Waals surface area contributed by atoms with E-state index >= 15 is 0 Å². The van der Waals surface area contributed by atoms with Crippen molar-refractivity contribution in [3.8, 4) is 0 Å². The van der Waals surface area contributed by atoms with E-state index in [0.717, 1.165) is 25.9 Å². The quantitative estimate of drug-likeness (QED) is 0.807. The predicted octanol–water partition coefficient (Wildman–Crippen LogP) is 1.05. The van der Waals surface area contributed by atoms with E-state index in [2.05, 4.69) is 20.4 Å². The molecule has 2 amide bonds. The van der Waals surface area contributed by atoms with E-state index in [-0.39, 0.29) is 23.5 Å². The maximum atomic E-state index is 13.7. The lowest BCUT2D eigenvalue weighted by molar-refractivity contribution is -0.124. The Morgan fingerprint density at radius 2 is 1.88 bits per heavy atom. The number of benzene rings is 1. The van der Waals surface area contributed by atoms with Gasteiger partial charge in [-0.05, 0) is 31.9 Å². The van der Waals surface area contributed by atoms with Gasteiger partial charge in [-0.2, -0.15) is 0 Å². The van der Waals surface area contributed by atoms with Gasteiger partial charge in [0.2, 0.25) is 11.8 Å². The summed E-state index contributed by atoms with van der Waals surface area (Å²) in [5.74, 6) is -0.569. The number of hydrogen-bond acceptors (Lipinski definition) is 4. The number of anilines is 1. The molecule has 0 bridgehead atoms. The Morgan fingerprint density at radius 3 is 2.52 bits per heavy atom. The molecule has 136 valence electrons. The molecular weight excluding hydrogens is 323 g/mol. The van der Waals surface area contributed by atoms with E-state index in [4.69, 9.17) is 0 Å². The third-order valence-electron chi connectivity index (χ3n) is 4.78. The van der Waals surface area contributed by atoms with E-state index < -0.39 is 5.82 Å². The minimum Gasteiger partial charge on any atom is -0.352 e. The van der Waals surface area contributed by atoms with Crippen LogP contribution in [0.3, 0.4) is 0 Å². The molecule has 0 spiro atoms. The second-order valence-corrected chi connectivity index (χ2v) is 6.80. The molecule has 0 aromatic heterocycles. The molecule has 1 saturated heterocycles. The van der Waals surface area contributed by atoms with E-state index in [1.807, 2.05) is 6.92 Å². The first-order valence-electron chi connectivity index (χ1n) is 8.84. The molecule has 1 saturated carbocycles. The second kappa shape index (κ2) is 7.93. The highest BCUT2D eigenvalue weighted by molar-refractivity contribution is 5.94. The van der Waals surface area contributed by atoms with Crippen molar-refractivity contribution in [1.29, 1.82) is 0 Å². The van der Waals surface area contributed by atoms with Gasteiger partial charge in [0.1, 0.15) is 5.82 Å². The summed E-state index contributed by atoms with van der Waals surface area (Å²) < 4.78 is 13.7. The third-order valence-corrected chi connectivity index (χ3v) is 4.78. The number of para-hydroxylation sites is 1. The lowest BCUT2D eigenvalue weighted by atomic mass is 10.2. The van der Waals surface area contributed by atoms with Crippen LogP contribution < -0.4 is 10.6 Å². The largest absolute Gasteiger partial charge is 0.352 e. The number of carbonyl (C=O) groups excluding carboxylic acids is 2. The van der Waals surface area contributed by atoms with Crippen LogP contribution >= 0.6 is 0 Å². The van der Waals surface area contributed by atoms with Crippen LogP contribution in [0.4, 0.5) is 10.1 Å². The minimum atomic E-state index is -0.436. The molecule has 6 nitrogen and oxygen atoms in total. The van der Waals surface area contributed by atoms with E-state index in [1.54, 1.807) is 18.2 Å². The Morgan fingerprint density at radius 1 is 1.20 bits per heavy atom. The zero-order chi connectivity index (χ0) is 17.8. The summed E-state index contributed by atoms with van der Waals surface area (Å²) in [7, 11) is 0. The summed E-state index contributed by atoms with van der Waals surface area (Å²) in [4.78, 5) is 28.4. The molecule has 1 aliphatic carbocycles. The average Bonchev–Trinajstić information content (AvgIpc) is 3.40. The lowest BCUT2D eigenvalue weighted by Crippen LogP contribution is -2.54. The Hall–Kier alpha value is -1.99.